The van der Waals surface area contributed by atoms with Gasteiger partial charge in [-0.3, -0.25) is 4.79 Å². The molecule has 0 saturated heterocycles. The van der Waals surface area contributed by atoms with E-state index in [9.17, 15) is 10.1 Å². The third kappa shape index (κ3) is 4.46. The number of hydrogen-bond donors (Lipinski definition) is 1. The van der Waals surface area contributed by atoms with Crippen LogP contribution in [0.25, 0.3) is 6.08 Å². The van der Waals surface area contributed by atoms with Crippen molar-refractivity contribution in [3.63, 3.8) is 0 Å². The summed E-state index contributed by atoms with van der Waals surface area (Å²) in [5, 5.41) is 12.0. The molecule has 23 heavy (non-hydrogen) atoms. The molecule has 2 rings (SSSR count). The van der Waals surface area contributed by atoms with E-state index in [2.05, 4.69) is 16.8 Å². The lowest BCUT2D eigenvalue weighted by Crippen LogP contribution is -2.26. The average Bonchev–Trinajstić information content (AvgIpc) is 3.31. The molecule has 0 aromatic carbocycles. The van der Waals surface area contributed by atoms with Crippen molar-refractivity contribution in [2.45, 2.75) is 46.1 Å². The van der Waals surface area contributed by atoms with Crippen LogP contribution in [-0.2, 0) is 9.53 Å². The first-order valence-electron chi connectivity index (χ1n) is 8.24. The molecule has 0 unspecified atom stereocenters. The molecule has 1 heterocycles. The Hall–Kier alpha value is -2.06. The molecule has 1 N–H and O–H groups in total. The van der Waals surface area contributed by atoms with Gasteiger partial charge in [-0.2, -0.15) is 5.26 Å². The summed E-state index contributed by atoms with van der Waals surface area (Å²) in [6, 6.07) is 4.65. The van der Waals surface area contributed by atoms with Crippen molar-refractivity contribution in [1.82, 2.24) is 9.88 Å². The van der Waals surface area contributed by atoms with Crippen molar-refractivity contribution in [1.29, 1.82) is 5.26 Å². The van der Waals surface area contributed by atoms with E-state index in [1.54, 1.807) is 6.08 Å². The molecule has 1 saturated carbocycles. The first-order chi connectivity index (χ1) is 11.1. The normalized spacial score (nSPS) is 14.6. The predicted octanol–water partition coefficient (Wildman–Crippen LogP) is 2.89. The van der Waals surface area contributed by atoms with Crippen molar-refractivity contribution in [3.8, 4) is 6.07 Å². The zero-order chi connectivity index (χ0) is 16.8. The van der Waals surface area contributed by atoms with Crippen LogP contribution in [0.5, 0.6) is 0 Å². The van der Waals surface area contributed by atoms with E-state index in [-0.39, 0.29) is 11.5 Å². The number of nitriles is 1. The van der Waals surface area contributed by atoms with Gasteiger partial charge in [-0.15, -0.1) is 0 Å². The van der Waals surface area contributed by atoms with Crippen LogP contribution in [-0.4, -0.2) is 30.2 Å². The lowest BCUT2D eigenvalue weighted by Gasteiger charge is -2.07. The Labute approximate surface area is 137 Å². The summed E-state index contributed by atoms with van der Waals surface area (Å²) in [6.07, 6.45) is 4.86. The van der Waals surface area contributed by atoms with Crippen molar-refractivity contribution in [2.24, 2.45) is 0 Å². The Balaban J connectivity index is 2.02. The van der Waals surface area contributed by atoms with Crippen LogP contribution in [0.2, 0.25) is 0 Å². The van der Waals surface area contributed by atoms with Gasteiger partial charge >= 0.3 is 0 Å². The monoisotopic (exact) mass is 315 g/mol. The molecule has 0 spiro atoms. The first kappa shape index (κ1) is 17.3. The van der Waals surface area contributed by atoms with Gasteiger partial charge in [0, 0.05) is 37.2 Å². The SMILES string of the molecule is CCOCCCNC(=O)/C(C#N)=C/c1cc(C)n(C2CC2)c1C. The Morgan fingerprint density at radius 3 is 2.87 bits per heavy atom. The number of aromatic nitrogens is 1. The van der Waals surface area contributed by atoms with Crippen LogP contribution in [0.4, 0.5) is 0 Å². The van der Waals surface area contributed by atoms with Crippen molar-refractivity contribution in [3.05, 3.63) is 28.6 Å². The van der Waals surface area contributed by atoms with Crippen molar-refractivity contribution in [2.75, 3.05) is 19.8 Å². The van der Waals surface area contributed by atoms with Crippen LogP contribution in [0, 0.1) is 25.2 Å². The molecule has 1 amide bonds. The third-order valence-corrected chi connectivity index (χ3v) is 4.06. The Bertz CT molecular complexity index is 633. The molecule has 0 atom stereocenters. The molecule has 0 radical (unpaired) electrons. The summed E-state index contributed by atoms with van der Waals surface area (Å²) in [6.45, 7) is 7.86. The Morgan fingerprint density at radius 2 is 2.26 bits per heavy atom. The zero-order valence-electron chi connectivity index (χ0n) is 14.2. The average molecular weight is 315 g/mol. The number of nitrogens with zero attached hydrogens (tertiary/aromatic N) is 2. The molecule has 1 aliphatic rings. The topological polar surface area (TPSA) is 67.0 Å². The van der Waals surface area contributed by atoms with E-state index in [0.717, 1.165) is 17.7 Å². The van der Waals surface area contributed by atoms with Gasteiger partial charge in [0.15, 0.2) is 0 Å². The van der Waals surface area contributed by atoms with Crippen LogP contribution < -0.4 is 5.32 Å². The number of rotatable bonds is 8. The highest BCUT2D eigenvalue weighted by atomic mass is 16.5. The fraction of sp³-hybridized carbons (Fsp3) is 0.556. The molecule has 1 aliphatic carbocycles. The number of hydrogen-bond acceptors (Lipinski definition) is 3. The summed E-state index contributed by atoms with van der Waals surface area (Å²) in [7, 11) is 0. The van der Waals surface area contributed by atoms with E-state index in [1.807, 2.05) is 26.0 Å². The molecule has 5 nitrogen and oxygen atoms in total. The van der Waals surface area contributed by atoms with Gasteiger partial charge in [0.2, 0.25) is 0 Å². The van der Waals surface area contributed by atoms with E-state index < -0.39 is 0 Å². The Morgan fingerprint density at radius 1 is 1.52 bits per heavy atom. The van der Waals surface area contributed by atoms with Gasteiger partial charge in [-0.25, -0.2) is 0 Å². The van der Waals surface area contributed by atoms with E-state index in [1.165, 1.54) is 18.5 Å². The minimum Gasteiger partial charge on any atom is -0.382 e. The molecular weight excluding hydrogens is 290 g/mol. The van der Waals surface area contributed by atoms with Crippen LogP contribution in [0.3, 0.4) is 0 Å². The fourth-order valence-corrected chi connectivity index (χ4v) is 2.76. The molecular formula is C18H25N3O2. The number of aryl methyl sites for hydroxylation is 1. The summed E-state index contributed by atoms with van der Waals surface area (Å²) >= 11 is 0. The van der Waals surface area contributed by atoms with Gasteiger partial charge in [0.25, 0.3) is 5.91 Å². The maximum atomic E-state index is 12.1. The van der Waals surface area contributed by atoms with Gasteiger partial charge in [0.05, 0.1) is 0 Å². The van der Waals surface area contributed by atoms with Crippen LogP contribution >= 0.6 is 0 Å². The van der Waals surface area contributed by atoms with Crippen LogP contribution in [0.15, 0.2) is 11.6 Å². The third-order valence-electron chi connectivity index (χ3n) is 4.06. The number of carbonyl (C=O) groups is 1. The molecule has 1 aromatic heterocycles. The number of ether oxygens (including phenoxy) is 1. The molecule has 5 heteroatoms. The highest BCUT2D eigenvalue weighted by molar-refractivity contribution is 6.01. The first-order valence-corrected chi connectivity index (χ1v) is 8.24. The Kier molecular flexibility index (Phi) is 6.00. The predicted molar refractivity (Wildman–Crippen MR) is 89.9 cm³/mol. The molecule has 1 fully saturated rings. The molecule has 0 aliphatic heterocycles. The van der Waals surface area contributed by atoms with Gasteiger partial charge in [-0.05, 0) is 57.7 Å². The summed E-state index contributed by atoms with van der Waals surface area (Å²) in [5.41, 5.74) is 3.42. The number of amides is 1. The minimum absolute atomic E-state index is 0.150. The van der Waals surface area contributed by atoms with Crippen LogP contribution in [0.1, 0.15) is 49.2 Å². The standard InChI is InChI=1S/C18H25N3O2/c1-4-23-9-5-8-20-18(22)16(12-19)11-15-10-13(2)21(14(15)3)17-6-7-17/h10-11,17H,4-9H2,1-3H3,(H,20,22)/b16-11+. The summed E-state index contributed by atoms with van der Waals surface area (Å²) in [4.78, 5) is 12.1. The van der Waals surface area contributed by atoms with Gasteiger partial charge in [-0.1, -0.05) is 0 Å². The van der Waals surface area contributed by atoms with E-state index in [4.69, 9.17) is 4.74 Å². The van der Waals surface area contributed by atoms with E-state index >= 15 is 0 Å². The quantitative estimate of drug-likeness (QED) is 0.456. The maximum Gasteiger partial charge on any atom is 0.261 e. The smallest absolute Gasteiger partial charge is 0.261 e. The van der Waals surface area contributed by atoms with Gasteiger partial charge in [0.1, 0.15) is 11.6 Å². The van der Waals surface area contributed by atoms with Gasteiger partial charge < -0.3 is 14.6 Å². The highest BCUT2D eigenvalue weighted by Gasteiger charge is 2.26. The number of carbonyl (C=O) groups excluding carboxylic acids is 1. The minimum atomic E-state index is -0.319. The second kappa shape index (κ2) is 7.98. The largest absolute Gasteiger partial charge is 0.382 e. The second-order valence-electron chi connectivity index (χ2n) is 5.90. The summed E-state index contributed by atoms with van der Waals surface area (Å²) in [5.74, 6) is -0.319. The maximum absolute atomic E-state index is 12.1. The lowest BCUT2D eigenvalue weighted by molar-refractivity contribution is -0.117. The second-order valence-corrected chi connectivity index (χ2v) is 5.90. The molecule has 0 bridgehead atoms. The molecule has 1 aromatic rings. The lowest BCUT2D eigenvalue weighted by atomic mass is 10.1. The van der Waals surface area contributed by atoms with E-state index in [0.29, 0.717) is 25.8 Å². The summed E-state index contributed by atoms with van der Waals surface area (Å²) < 4.78 is 7.53. The molecule has 124 valence electrons. The zero-order valence-corrected chi connectivity index (χ0v) is 14.2. The van der Waals surface area contributed by atoms with Crippen molar-refractivity contribution >= 4 is 12.0 Å². The fourth-order valence-electron chi connectivity index (χ4n) is 2.76. The van der Waals surface area contributed by atoms with Crippen molar-refractivity contribution < 1.29 is 9.53 Å². The highest BCUT2D eigenvalue weighted by Crippen LogP contribution is 2.38. The number of nitrogens with one attached hydrogen (secondary N) is 1.